The second-order valence-corrected chi connectivity index (χ2v) is 9.11. The minimum absolute atomic E-state index is 0.251. The predicted octanol–water partition coefficient (Wildman–Crippen LogP) is 5.34. The van der Waals surface area contributed by atoms with Crippen LogP contribution in [-0.4, -0.2) is 38.5 Å². The van der Waals surface area contributed by atoms with E-state index in [4.69, 9.17) is 9.15 Å². The van der Waals surface area contributed by atoms with E-state index >= 15 is 0 Å². The highest BCUT2D eigenvalue weighted by molar-refractivity contribution is 5.93. The van der Waals surface area contributed by atoms with Crippen LogP contribution in [0.5, 0.6) is 5.88 Å². The molecule has 37 heavy (non-hydrogen) atoms. The molecule has 1 atom stereocenters. The Hall–Kier alpha value is -4.01. The molecule has 0 aliphatic rings. The predicted molar refractivity (Wildman–Crippen MR) is 140 cm³/mol. The fraction of sp³-hybridized carbons (Fsp3) is 0.393. The molecule has 4 aromatic rings. The van der Waals surface area contributed by atoms with Crippen LogP contribution in [0.25, 0.3) is 22.2 Å². The number of aromatic nitrogens is 4. The average Bonchev–Trinajstić information content (AvgIpc) is 3.52. The molecule has 0 aliphatic carbocycles. The molecule has 1 N–H and O–H groups in total. The van der Waals surface area contributed by atoms with E-state index in [1.807, 2.05) is 44.2 Å². The quantitative estimate of drug-likeness (QED) is 0.260. The summed E-state index contributed by atoms with van der Waals surface area (Å²) in [4.78, 5) is 33.8. The molecule has 3 heterocycles. The van der Waals surface area contributed by atoms with Crippen molar-refractivity contribution in [1.82, 2.24) is 25.1 Å². The number of unbranched alkanes of at least 4 members (excludes halogenated alkanes) is 2. The Labute approximate surface area is 216 Å². The second-order valence-electron chi connectivity index (χ2n) is 9.11. The third kappa shape index (κ3) is 6.22. The Bertz CT molecular complexity index is 1390. The zero-order valence-electron chi connectivity index (χ0n) is 21.8. The summed E-state index contributed by atoms with van der Waals surface area (Å²) in [5.74, 6) is 1.37. The number of para-hydroxylation sites is 1. The number of rotatable bonds is 12. The van der Waals surface area contributed by atoms with Crippen LogP contribution in [0.15, 0.2) is 47.0 Å². The molecule has 0 saturated carbocycles. The number of fused-ring (bicyclic) bond motifs is 1. The fourth-order valence-corrected chi connectivity index (χ4v) is 4.34. The first-order valence-electron chi connectivity index (χ1n) is 12.6. The Morgan fingerprint density at radius 3 is 2.70 bits per heavy atom. The topological polar surface area (TPSA) is 112 Å². The van der Waals surface area contributed by atoms with Gasteiger partial charge < -0.3 is 14.5 Å². The van der Waals surface area contributed by atoms with E-state index < -0.39 is 6.04 Å². The summed E-state index contributed by atoms with van der Waals surface area (Å²) in [5, 5.41) is 8.30. The summed E-state index contributed by atoms with van der Waals surface area (Å²) in [6.07, 6.45) is 5.91. The van der Waals surface area contributed by atoms with Gasteiger partial charge in [0.25, 0.3) is 5.91 Å². The van der Waals surface area contributed by atoms with E-state index in [-0.39, 0.29) is 11.7 Å². The van der Waals surface area contributed by atoms with Crippen LogP contribution < -0.4 is 10.1 Å². The SMILES string of the molecule is CCC(=O)CCCCC[C@H](NC(=O)c1cc(C)nn1C)c1ncc(-c2cc3ccccc3nc2OC)o1. The summed E-state index contributed by atoms with van der Waals surface area (Å²) < 4.78 is 13.3. The zero-order chi connectivity index (χ0) is 26.4. The summed E-state index contributed by atoms with van der Waals surface area (Å²) in [5.41, 5.74) is 2.73. The van der Waals surface area contributed by atoms with Gasteiger partial charge in [-0.3, -0.25) is 14.3 Å². The van der Waals surface area contributed by atoms with Gasteiger partial charge in [-0.2, -0.15) is 5.10 Å². The highest BCUT2D eigenvalue weighted by Gasteiger charge is 2.24. The van der Waals surface area contributed by atoms with Gasteiger partial charge in [-0.15, -0.1) is 0 Å². The maximum absolute atomic E-state index is 13.1. The van der Waals surface area contributed by atoms with Crippen LogP contribution in [0, 0.1) is 6.92 Å². The lowest BCUT2D eigenvalue weighted by Gasteiger charge is -2.16. The molecule has 194 valence electrons. The molecule has 9 nitrogen and oxygen atoms in total. The van der Waals surface area contributed by atoms with Gasteiger partial charge in [-0.1, -0.05) is 38.0 Å². The average molecular weight is 504 g/mol. The minimum Gasteiger partial charge on any atom is -0.480 e. The van der Waals surface area contributed by atoms with Gasteiger partial charge in [0.05, 0.1) is 30.1 Å². The van der Waals surface area contributed by atoms with E-state index in [0.717, 1.165) is 35.9 Å². The minimum atomic E-state index is -0.447. The Kier molecular flexibility index (Phi) is 8.32. The zero-order valence-corrected chi connectivity index (χ0v) is 21.8. The van der Waals surface area contributed by atoms with Crippen molar-refractivity contribution in [3.63, 3.8) is 0 Å². The molecule has 0 fully saturated rings. The number of hydrogen-bond donors (Lipinski definition) is 1. The van der Waals surface area contributed by atoms with Gasteiger partial charge in [0.15, 0.2) is 5.76 Å². The molecule has 1 aromatic carbocycles. The summed E-state index contributed by atoms with van der Waals surface area (Å²) in [6.45, 7) is 3.73. The molecule has 0 spiro atoms. The number of methoxy groups -OCH3 is 1. The van der Waals surface area contributed by atoms with Crippen molar-refractivity contribution in [2.75, 3.05) is 7.11 Å². The highest BCUT2D eigenvalue weighted by atomic mass is 16.5. The number of nitrogens with one attached hydrogen (secondary N) is 1. The number of amides is 1. The second kappa shape index (κ2) is 11.8. The highest BCUT2D eigenvalue weighted by Crippen LogP contribution is 2.33. The van der Waals surface area contributed by atoms with E-state index in [2.05, 4.69) is 20.4 Å². The molecule has 0 radical (unpaired) electrons. The monoisotopic (exact) mass is 503 g/mol. The van der Waals surface area contributed by atoms with Crippen LogP contribution >= 0.6 is 0 Å². The number of Topliss-reactive ketones (excluding diaryl/α,β-unsaturated/α-hetero) is 1. The lowest BCUT2D eigenvalue weighted by Crippen LogP contribution is -2.30. The number of carbonyl (C=O) groups excluding carboxylic acids is 2. The van der Waals surface area contributed by atoms with E-state index in [1.165, 1.54) is 0 Å². The van der Waals surface area contributed by atoms with Crippen LogP contribution in [0.3, 0.4) is 0 Å². The molecule has 0 saturated heterocycles. The lowest BCUT2D eigenvalue weighted by molar-refractivity contribution is -0.118. The fourth-order valence-electron chi connectivity index (χ4n) is 4.34. The molecule has 4 rings (SSSR count). The molecule has 0 aliphatic heterocycles. The van der Waals surface area contributed by atoms with Crippen molar-refractivity contribution in [2.24, 2.45) is 7.05 Å². The third-order valence-corrected chi connectivity index (χ3v) is 6.35. The Morgan fingerprint density at radius 1 is 1.16 bits per heavy atom. The maximum atomic E-state index is 13.1. The van der Waals surface area contributed by atoms with Crippen molar-refractivity contribution in [3.8, 4) is 17.2 Å². The van der Waals surface area contributed by atoms with Crippen LogP contribution in [0.2, 0.25) is 0 Å². The van der Waals surface area contributed by atoms with E-state index in [0.29, 0.717) is 48.1 Å². The summed E-state index contributed by atoms with van der Waals surface area (Å²) in [7, 11) is 3.31. The smallest absolute Gasteiger partial charge is 0.270 e. The Morgan fingerprint density at radius 2 is 1.97 bits per heavy atom. The normalized spacial score (nSPS) is 12.0. The maximum Gasteiger partial charge on any atom is 0.270 e. The van der Waals surface area contributed by atoms with Gasteiger partial charge in [0.1, 0.15) is 17.5 Å². The first kappa shape index (κ1) is 26.1. The Balaban J connectivity index is 1.57. The van der Waals surface area contributed by atoms with Gasteiger partial charge in [0, 0.05) is 25.3 Å². The van der Waals surface area contributed by atoms with Crippen LogP contribution in [0.4, 0.5) is 0 Å². The number of benzene rings is 1. The van der Waals surface area contributed by atoms with Gasteiger partial charge >= 0.3 is 0 Å². The third-order valence-electron chi connectivity index (χ3n) is 6.35. The first-order valence-corrected chi connectivity index (χ1v) is 12.6. The number of aryl methyl sites for hydroxylation is 2. The van der Waals surface area contributed by atoms with E-state index in [9.17, 15) is 9.59 Å². The summed E-state index contributed by atoms with van der Waals surface area (Å²) in [6, 6.07) is 11.0. The summed E-state index contributed by atoms with van der Waals surface area (Å²) >= 11 is 0. The van der Waals surface area contributed by atoms with Crippen molar-refractivity contribution < 1.29 is 18.7 Å². The van der Waals surface area contributed by atoms with Gasteiger partial charge in [-0.05, 0) is 38.0 Å². The van der Waals surface area contributed by atoms with Gasteiger partial charge in [0.2, 0.25) is 11.8 Å². The number of ether oxygens (including phenoxy) is 1. The van der Waals surface area contributed by atoms with Crippen LogP contribution in [0.1, 0.15) is 73.6 Å². The number of oxazole rings is 1. The number of ketones is 1. The molecule has 9 heteroatoms. The van der Waals surface area contributed by atoms with Crippen molar-refractivity contribution >= 4 is 22.6 Å². The number of hydrogen-bond acceptors (Lipinski definition) is 7. The first-order chi connectivity index (χ1) is 17.9. The molecule has 1 amide bonds. The molecule has 0 bridgehead atoms. The lowest BCUT2D eigenvalue weighted by atomic mass is 10.0. The molecular weight excluding hydrogens is 470 g/mol. The number of pyridine rings is 1. The molecule has 3 aromatic heterocycles. The van der Waals surface area contributed by atoms with Crippen LogP contribution in [-0.2, 0) is 11.8 Å². The van der Waals surface area contributed by atoms with Gasteiger partial charge in [-0.25, -0.2) is 9.97 Å². The standard InChI is InChI=1S/C28H33N5O4/c1-5-20(34)12-7-6-8-14-23(30-26(35)24-15-18(2)32-33(24)3)28-29-17-25(37-28)21-16-19-11-9-10-13-22(19)31-27(21)36-4/h9-11,13,15-17,23H,5-8,12,14H2,1-4H3,(H,30,35)/t23-/m0/s1. The number of nitrogens with zero attached hydrogens (tertiary/aromatic N) is 4. The van der Waals surface area contributed by atoms with Crippen molar-refractivity contribution in [1.29, 1.82) is 0 Å². The van der Waals surface area contributed by atoms with Crippen molar-refractivity contribution in [2.45, 2.75) is 58.4 Å². The largest absolute Gasteiger partial charge is 0.480 e. The molecular formula is C28H33N5O4. The molecule has 0 unspecified atom stereocenters. The van der Waals surface area contributed by atoms with E-state index in [1.54, 1.807) is 31.1 Å². The number of carbonyl (C=O) groups is 2. The van der Waals surface area contributed by atoms with Crippen molar-refractivity contribution in [3.05, 3.63) is 59.9 Å².